The zero-order valence-electron chi connectivity index (χ0n) is 13.5. The van der Waals surface area contributed by atoms with Gasteiger partial charge in [-0.2, -0.15) is 0 Å². The summed E-state index contributed by atoms with van der Waals surface area (Å²) >= 11 is 0. The van der Waals surface area contributed by atoms with Crippen LogP contribution in [0, 0.1) is 0 Å². The minimum atomic E-state index is 0.261. The Morgan fingerprint density at radius 3 is 2.37 bits per heavy atom. The van der Waals surface area contributed by atoms with Crippen molar-refractivity contribution in [2.24, 2.45) is 0 Å². The zero-order valence-corrected chi connectivity index (χ0v) is 13.5. The van der Waals surface area contributed by atoms with Crippen molar-refractivity contribution in [1.82, 2.24) is 10.2 Å². The van der Waals surface area contributed by atoms with Gasteiger partial charge in [-0.1, -0.05) is 12.8 Å². The highest BCUT2D eigenvalue weighted by Gasteiger charge is 2.25. The molecule has 0 unspecified atom stereocenters. The summed E-state index contributed by atoms with van der Waals surface area (Å²) in [5.74, 6) is 0. The first-order chi connectivity index (χ1) is 8.99. The molecule has 1 saturated carbocycles. The number of nitrogens with zero attached hydrogens (tertiary/aromatic N) is 1. The molecule has 3 heteroatoms. The van der Waals surface area contributed by atoms with Gasteiger partial charge in [-0.25, -0.2) is 0 Å². The summed E-state index contributed by atoms with van der Waals surface area (Å²) in [6.45, 7) is 10.7. The second-order valence-electron chi connectivity index (χ2n) is 6.92. The first-order valence-corrected chi connectivity index (χ1v) is 8.02. The molecule has 0 aliphatic heterocycles. The van der Waals surface area contributed by atoms with Gasteiger partial charge in [-0.15, -0.1) is 0 Å². The van der Waals surface area contributed by atoms with E-state index in [4.69, 9.17) is 4.74 Å². The average Bonchev–Trinajstić information content (AvgIpc) is 3.13. The predicted molar refractivity (Wildman–Crippen MR) is 82.7 cm³/mol. The molecule has 114 valence electrons. The van der Waals surface area contributed by atoms with Gasteiger partial charge in [-0.3, -0.25) is 0 Å². The molecule has 0 aromatic rings. The van der Waals surface area contributed by atoms with E-state index in [1.807, 2.05) is 0 Å². The van der Waals surface area contributed by atoms with Crippen molar-refractivity contribution in [2.45, 2.75) is 70.9 Å². The molecule has 3 nitrogen and oxygen atoms in total. The summed E-state index contributed by atoms with van der Waals surface area (Å²) < 4.78 is 5.69. The first kappa shape index (κ1) is 16.9. The number of nitrogens with one attached hydrogen (secondary N) is 1. The van der Waals surface area contributed by atoms with Gasteiger partial charge in [0.05, 0.1) is 6.61 Å². The van der Waals surface area contributed by atoms with E-state index in [1.165, 1.54) is 38.5 Å². The van der Waals surface area contributed by atoms with Gasteiger partial charge >= 0.3 is 0 Å². The molecule has 0 atom stereocenters. The maximum atomic E-state index is 5.69. The maximum Gasteiger partial charge on any atom is 0.0593 e. The van der Waals surface area contributed by atoms with Crippen LogP contribution >= 0.6 is 0 Å². The zero-order chi connectivity index (χ0) is 14.1. The molecule has 1 rings (SSSR count). The second-order valence-corrected chi connectivity index (χ2v) is 6.92. The molecule has 0 heterocycles. The highest BCUT2D eigenvalue weighted by Crippen LogP contribution is 2.24. The molecule has 0 radical (unpaired) electrons. The third-order valence-electron chi connectivity index (χ3n) is 3.63. The SMILES string of the molecule is CN(CCOCCCCCCNC(C)(C)C)C1CC1. The van der Waals surface area contributed by atoms with Crippen molar-refractivity contribution in [2.75, 3.05) is 33.4 Å². The largest absolute Gasteiger partial charge is 0.380 e. The highest BCUT2D eigenvalue weighted by atomic mass is 16.5. The maximum absolute atomic E-state index is 5.69. The fourth-order valence-electron chi connectivity index (χ4n) is 2.15. The van der Waals surface area contributed by atoms with Gasteiger partial charge < -0.3 is 15.0 Å². The van der Waals surface area contributed by atoms with Crippen molar-refractivity contribution in [3.63, 3.8) is 0 Å². The molecule has 0 bridgehead atoms. The van der Waals surface area contributed by atoms with E-state index in [1.54, 1.807) is 0 Å². The summed E-state index contributed by atoms with van der Waals surface area (Å²) in [5.41, 5.74) is 0.261. The number of unbranched alkanes of at least 4 members (excludes halogenated alkanes) is 3. The van der Waals surface area contributed by atoms with Crippen LogP contribution in [0.15, 0.2) is 0 Å². The Hall–Kier alpha value is -0.120. The van der Waals surface area contributed by atoms with Crippen LogP contribution in [0.3, 0.4) is 0 Å². The second kappa shape index (κ2) is 8.93. The molecule has 1 N–H and O–H groups in total. The summed E-state index contributed by atoms with van der Waals surface area (Å²) in [4.78, 5) is 2.43. The lowest BCUT2D eigenvalue weighted by Crippen LogP contribution is -2.36. The van der Waals surface area contributed by atoms with Gasteiger partial charge in [0, 0.05) is 24.7 Å². The predicted octanol–water partition coefficient (Wildman–Crippen LogP) is 3.05. The van der Waals surface area contributed by atoms with Gasteiger partial charge in [0.25, 0.3) is 0 Å². The van der Waals surface area contributed by atoms with Crippen molar-refractivity contribution in [1.29, 1.82) is 0 Å². The van der Waals surface area contributed by atoms with Crippen LogP contribution in [0.1, 0.15) is 59.3 Å². The molecular formula is C16H34N2O. The van der Waals surface area contributed by atoms with E-state index < -0.39 is 0 Å². The lowest BCUT2D eigenvalue weighted by atomic mass is 10.1. The van der Waals surface area contributed by atoms with Crippen LogP contribution in [-0.4, -0.2) is 49.8 Å². The topological polar surface area (TPSA) is 24.5 Å². The van der Waals surface area contributed by atoms with Gasteiger partial charge in [0.15, 0.2) is 0 Å². The highest BCUT2D eigenvalue weighted by molar-refractivity contribution is 4.81. The lowest BCUT2D eigenvalue weighted by molar-refractivity contribution is 0.106. The Kier molecular flexibility index (Phi) is 7.96. The van der Waals surface area contributed by atoms with Crippen LogP contribution < -0.4 is 5.32 Å². The Labute approximate surface area is 120 Å². The van der Waals surface area contributed by atoms with Crippen LogP contribution in [0.4, 0.5) is 0 Å². The fourth-order valence-corrected chi connectivity index (χ4v) is 2.15. The summed E-state index contributed by atoms with van der Waals surface area (Å²) in [6.07, 6.45) is 7.88. The quantitative estimate of drug-likeness (QED) is 0.584. The Bertz CT molecular complexity index is 221. The lowest BCUT2D eigenvalue weighted by Gasteiger charge is -2.20. The average molecular weight is 270 g/mol. The summed E-state index contributed by atoms with van der Waals surface area (Å²) in [6, 6.07) is 0.860. The molecule has 19 heavy (non-hydrogen) atoms. The monoisotopic (exact) mass is 270 g/mol. The number of hydrogen-bond donors (Lipinski definition) is 1. The van der Waals surface area contributed by atoms with Gasteiger partial charge in [0.1, 0.15) is 0 Å². The molecule has 1 aliphatic rings. The van der Waals surface area contributed by atoms with Crippen LogP contribution in [-0.2, 0) is 4.74 Å². The third kappa shape index (κ3) is 10.3. The van der Waals surface area contributed by atoms with Crippen LogP contribution in [0.2, 0.25) is 0 Å². The summed E-state index contributed by atoms with van der Waals surface area (Å²) in [5, 5.41) is 3.53. The Morgan fingerprint density at radius 2 is 1.74 bits per heavy atom. The smallest absolute Gasteiger partial charge is 0.0593 e. The molecule has 1 fully saturated rings. The third-order valence-corrected chi connectivity index (χ3v) is 3.63. The Morgan fingerprint density at radius 1 is 1.05 bits per heavy atom. The van der Waals surface area contributed by atoms with E-state index in [0.717, 1.165) is 32.3 Å². The van der Waals surface area contributed by atoms with Crippen molar-refractivity contribution in [3.05, 3.63) is 0 Å². The van der Waals surface area contributed by atoms with E-state index in [0.29, 0.717) is 0 Å². The van der Waals surface area contributed by atoms with Crippen molar-refractivity contribution < 1.29 is 4.74 Å². The molecule has 0 saturated heterocycles. The number of ether oxygens (including phenoxy) is 1. The van der Waals surface area contributed by atoms with E-state index in [2.05, 4.69) is 38.0 Å². The molecule has 1 aliphatic carbocycles. The number of likely N-dealkylation sites (N-methyl/N-ethyl adjacent to an activating group) is 1. The van der Waals surface area contributed by atoms with E-state index in [9.17, 15) is 0 Å². The van der Waals surface area contributed by atoms with Crippen LogP contribution in [0.25, 0.3) is 0 Å². The molecule has 0 aromatic carbocycles. The number of hydrogen-bond acceptors (Lipinski definition) is 3. The van der Waals surface area contributed by atoms with Crippen molar-refractivity contribution in [3.8, 4) is 0 Å². The van der Waals surface area contributed by atoms with E-state index >= 15 is 0 Å². The van der Waals surface area contributed by atoms with Gasteiger partial charge in [-0.05, 0) is 60.0 Å². The normalized spacial score (nSPS) is 16.3. The van der Waals surface area contributed by atoms with Crippen molar-refractivity contribution >= 4 is 0 Å². The Balaban J connectivity index is 1.73. The minimum Gasteiger partial charge on any atom is -0.380 e. The fraction of sp³-hybridized carbons (Fsp3) is 1.00. The number of rotatable bonds is 11. The summed E-state index contributed by atoms with van der Waals surface area (Å²) in [7, 11) is 2.21. The molecule has 0 amide bonds. The van der Waals surface area contributed by atoms with E-state index in [-0.39, 0.29) is 5.54 Å². The van der Waals surface area contributed by atoms with Crippen LogP contribution in [0.5, 0.6) is 0 Å². The minimum absolute atomic E-state index is 0.261. The molecule has 0 aromatic heterocycles. The molecular weight excluding hydrogens is 236 g/mol. The van der Waals surface area contributed by atoms with Gasteiger partial charge in [0.2, 0.25) is 0 Å². The first-order valence-electron chi connectivity index (χ1n) is 8.02. The standard InChI is InChI=1S/C16H34N2O/c1-16(2,3)17-11-7-5-6-8-13-19-14-12-18(4)15-9-10-15/h15,17H,5-14H2,1-4H3. The molecule has 0 spiro atoms.